The molecule has 1 heterocycles. The van der Waals surface area contributed by atoms with Crippen LogP contribution in [-0.4, -0.2) is 10.9 Å². The molecule has 2 aromatic rings. The molecule has 1 amide bonds. The first-order valence-corrected chi connectivity index (χ1v) is 6.97. The largest absolute Gasteiger partial charge is 0.349 e. The van der Waals surface area contributed by atoms with Crippen molar-refractivity contribution in [2.24, 2.45) is 5.41 Å². The molecule has 1 aromatic carbocycles. The third-order valence-electron chi connectivity index (χ3n) is 3.24. The van der Waals surface area contributed by atoms with Gasteiger partial charge in [-0.3, -0.25) is 4.79 Å². The van der Waals surface area contributed by atoms with Gasteiger partial charge in [0.05, 0.1) is 16.8 Å². The minimum absolute atomic E-state index is 0.0873. The molecule has 0 spiro atoms. The second-order valence-corrected chi connectivity index (χ2v) is 6.11. The molecule has 0 atom stereocenters. The molecule has 1 N–H and O–H groups in total. The van der Waals surface area contributed by atoms with Crippen LogP contribution in [0.4, 0.5) is 0 Å². The Hall–Kier alpha value is -1.42. The Morgan fingerprint density at radius 2 is 2.11 bits per heavy atom. The predicted octanol–water partition coefficient (Wildman–Crippen LogP) is 3.35. The Labute approximate surface area is 111 Å². The second kappa shape index (κ2) is 5.06. The molecular weight excluding hydrogens is 244 g/mol. The first-order valence-electron chi connectivity index (χ1n) is 6.15. The summed E-state index contributed by atoms with van der Waals surface area (Å²) in [7, 11) is 0. The van der Waals surface area contributed by atoms with Crippen LogP contribution in [0.1, 0.15) is 32.2 Å². The zero-order valence-electron chi connectivity index (χ0n) is 11.0. The van der Waals surface area contributed by atoms with Crippen molar-refractivity contribution in [3.8, 4) is 0 Å². The van der Waals surface area contributed by atoms with Gasteiger partial charge in [-0.1, -0.05) is 32.9 Å². The zero-order valence-corrected chi connectivity index (χ0v) is 11.8. The van der Waals surface area contributed by atoms with Crippen LogP contribution < -0.4 is 5.32 Å². The molecule has 3 nitrogen and oxygen atoms in total. The molecule has 0 saturated carbocycles. The number of aromatic nitrogens is 1. The number of hydrogen-bond donors (Lipinski definition) is 1. The number of carbonyl (C=O) groups excluding carboxylic acids is 1. The van der Waals surface area contributed by atoms with E-state index in [0.29, 0.717) is 6.54 Å². The molecule has 18 heavy (non-hydrogen) atoms. The van der Waals surface area contributed by atoms with Crippen LogP contribution >= 0.6 is 11.3 Å². The van der Waals surface area contributed by atoms with E-state index in [2.05, 4.69) is 10.3 Å². The fraction of sp³-hybridized carbons (Fsp3) is 0.429. The van der Waals surface area contributed by atoms with Crippen LogP contribution in [0.2, 0.25) is 0 Å². The Morgan fingerprint density at radius 3 is 2.78 bits per heavy atom. The maximum Gasteiger partial charge on any atom is 0.225 e. The average molecular weight is 262 g/mol. The van der Waals surface area contributed by atoms with Crippen molar-refractivity contribution in [1.82, 2.24) is 10.3 Å². The summed E-state index contributed by atoms with van der Waals surface area (Å²) >= 11 is 1.63. The molecule has 0 unspecified atom stereocenters. The second-order valence-electron chi connectivity index (χ2n) is 5.00. The van der Waals surface area contributed by atoms with E-state index >= 15 is 0 Å². The smallest absolute Gasteiger partial charge is 0.225 e. The van der Waals surface area contributed by atoms with Gasteiger partial charge in [-0.15, -0.1) is 11.3 Å². The van der Waals surface area contributed by atoms with Gasteiger partial charge in [0.2, 0.25) is 5.91 Å². The van der Waals surface area contributed by atoms with Gasteiger partial charge in [0, 0.05) is 5.41 Å². The van der Waals surface area contributed by atoms with E-state index in [1.807, 2.05) is 45.0 Å². The molecular formula is C14H18N2OS. The highest BCUT2D eigenvalue weighted by Gasteiger charge is 2.24. The first-order chi connectivity index (χ1) is 8.53. The molecule has 2 rings (SSSR count). The lowest BCUT2D eigenvalue weighted by Crippen LogP contribution is -2.35. The van der Waals surface area contributed by atoms with Crippen LogP contribution in [0, 0.1) is 5.41 Å². The molecule has 4 heteroatoms. The van der Waals surface area contributed by atoms with E-state index < -0.39 is 0 Å². The number of para-hydroxylation sites is 1. The van der Waals surface area contributed by atoms with Crippen molar-refractivity contribution >= 4 is 27.5 Å². The van der Waals surface area contributed by atoms with Gasteiger partial charge < -0.3 is 5.32 Å². The highest BCUT2D eigenvalue weighted by Crippen LogP contribution is 2.23. The Morgan fingerprint density at radius 1 is 1.39 bits per heavy atom. The Balaban J connectivity index is 2.04. The normalized spacial score (nSPS) is 11.7. The van der Waals surface area contributed by atoms with Gasteiger partial charge in [0.1, 0.15) is 5.01 Å². The van der Waals surface area contributed by atoms with Crippen molar-refractivity contribution in [3.05, 3.63) is 29.3 Å². The maximum atomic E-state index is 12.0. The summed E-state index contributed by atoms with van der Waals surface area (Å²) in [5, 5.41) is 3.92. The summed E-state index contributed by atoms with van der Waals surface area (Å²) in [5.41, 5.74) is 0.693. The fourth-order valence-corrected chi connectivity index (χ4v) is 2.46. The standard InChI is InChI=1S/C14H18N2OS/c1-4-14(2,3)13(17)15-9-12-16-10-7-5-6-8-11(10)18-12/h5-8H,4,9H2,1-3H3,(H,15,17). The molecule has 0 aliphatic heterocycles. The lowest BCUT2D eigenvalue weighted by Gasteiger charge is -2.20. The van der Waals surface area contributed by atoms with E-state index in [9.17, 15) is 4.79 Å². The number of nitrogens with zero attached hydrogens (tertiary/aromatic N) is 1. The molecule has 0 saturated heterocycles. The van der Waals surface area contributed by atoms with Gasteiger partial charge in [0.25, 0.3) is 0 Å². The number of hydrogen-bond acceptors (Lipinski definition) is 3. The van der Waals surface area contributed by atoms with Gasteiger partial charge in [-0.05, 0) is 18.6 Å². The Bertz CT molecular complexity index is 527. The van der Waals surface area contributed by atoms with Gasteiger partial charge in [-0.2, -0.15) is 0 Å². The van der Waals surface area contributed by atoms with E-state index in [1.165, 1.54) is 0 Å². The van der Waals surface area contributed by atoms with Crippen molar-refractivity contribution in [1.29, 1.82) is 0 Å². The lowest BCUT2D eigenvalue weighted by atomic mass is 9.89. The van der Waals surface area contributed by atoms with Crippen molar-refractivity contribution in [3.63, 3.8) is 0 Å². The van der Waals surface area contributed by atoms with E-state index in [-0.39, 0.29) is 11.3 Å². The van der Waals surface area contributed by atoms with Crippen LogP contribution in [0.3, 0.4) is 0 Å². The molecule has 0 aliphatic rings. The summed E-state index contributed by atoms with van der Waals surface area (Å²) in [5.74, 6) is 0.0873. The number of nitrogens with one attached hydrogen (secondary N) is 1. The summed E-state index contributed by atoms with van der Waals surface area (Å²) in [6.07, 6.45) is 0.832. The first kappa shape index (κ1) is 13.0. The number of fused-ring (bicyclic) bond motifs is 1. The molecule has 0 aliphatic carbocycles. The van der Waals surface area contributed by atoms with E-state index in [4.69, 9.17) is 0 Å². The molecule has 1 aromatic heterocycles. The topological polar surface area (TPSA) is 42.0 Å². The van der Waals surface area contributed by atoms with Crippen LogP contribution in [0.25, 0.3) is 10.2 Å². The van der Waals surface area contributed by atoms with Gasteiger partial charge >= 0.3 is 0 Å². The van der Waals surface area contributed by atoms with Crippen LogP contribution in [0.5, 0.6) is 0 Å². The van der Waals surface area contributed by atoms with Crippen LogP contribution in [-0.2, 0) is 11.3 Å². The highest BCUT2D eigenvalue weighted by atomic mass is 32.1. The van der Waals surface area contributed by atoms with Crippen molar-refractivity contribution in [2.75, 3.05) is 0 Å². The third kappa shape index (κ3) is 2.70. The zero-order chi connectivity index (χ0) is 13.2. The molecule has 0 bridgehead atoms. The minimum Gasteiger partial charge on any atom is -0.349 e. The van der Waals surface area contributed by atoms with Crippen LogP contribution in [0.15, 0.2) is 24.3 Å². The summed E-state index contributed by atoms with van der Waals surface area (Å²) in [4.78, 5) is 16.4. The number of thiazole rings is 1. The monoisotopic (exact) mass is 262 g/mol. The molecule has 0 radical (unpaired) electrons. The quantitative estimate of drug-likeness (QED) is 0.918. The SMILES string of the molecule is CCC(C)(C)C(=O)NCc1nc2ccccc2s1. The number of benzene rings is 1. The van der Waals surface area contributed by atoms with Crippen molar-refractivity contribution in [2.45, 2.75) is 33.7 Å². The molecule has 0 fully saturated rings. The molecule has 96 valence electrons. The summed E-state index contributed by atoms with van der Waals surface area (Å²) < 4.78 is 1.16. The highest BCUT2D eigenvalue weighted by molar-refractivity contribution is 7.18. The summed E-state index contributed by atoms with van der Waals surface area (Å²) in [6, 6.07) is 8.02. The summed E-state index contributed by atoms with van der Waals surface area (Å²) in [6.45, 7) is 6.46. The lowest BCUT2D eigenvalue weighted by molar-refractivity contribution is -0.129. The van der Waals surface area contributed by atoms with E-state index in [1.54, 1.807) is 11.3 Å². The minimum atomic E-state index is -0.309. The van der Waals surface area contributed by atoms with Gasteiger partial charge in [0.15, 0.2) is 0 Å². The number of amides is 1. The van der Waals surface area contributed by atoms with E-state index in [0.717, 1.165) is 21.6 Å². The van der Waals surface area contributed by atoms with Crippen molar-refractivity contribution < 1.29 is 4.79 Å². The number of carbonyl (C=O) groups is 1. The Kier molecular flexibility index (Phi) is 3.66. The third-order valence-corrected chi connectivity index (χ3v) is 4.27. The maximum absolute atomic E-state index is 12.0. The fourth-order valence-electron chi connectivity index (χ4n) is 1.55. The predicted molar refractivity (Wildman–Crippen MR) is 75.5 cm³/mol. The number of rotatable bonds is 4. The average Bonchev–Trinajstić information content (AvgIpc) is 2.78. The van der Waals surface area contributed by atoms with Gasteiger partial charge in [-0.25, -0.2) is 4.98 Å².